The summed E-state index contributed by atoms with van der Waals surface area (Å²) >= 11 is 6.05. The molecule has 0 aliphatic carbocycles. The van der Waals surface area contributed by atoms with Gasteiger partial charge in [-0.05, 0) is 37.3 Å². The molecule has 3 aromatic rings. The molecule has 102 valence electrons. The van der Waals surface area contributed by atoms with E-state index in [-0.39, 0.29) is 0 Å². The maximum absolute atomic E-state index is 6.05. The highest BCUT2D eigenvalue weighted by molar-refractivity contribution is 6.30. The normalized spacial score (nSPS) is 10.9. The van der Waals surface area contributed by atoms with Crippen molar-refractivity contribution in [1.29, 1.82) is 0 Å². The van der Waals surface area contributed by atoms with Crippen molar-refractivity contribution in [3.63, 3.8) is 0 Å². The van der Waals surface area contributed by atoms with Crippen LogP contribution in [0.15, 0.2) is 36.5 Å². The third-order valence-corrected chi connectivity index (χ3v) is 3.52. The van der Waals surface area contributed by atoms with Crippen molar-refractivity contribution in [1.82, 2.24) is 9.38 Å². The summed E-state index contributed by atoms with van der Waals surface area (Å²) < 4.78 is 7.08. The van der Waals surface area contributed by atoms with E-state index in [1.54, 1.807) is 13.2 Å². The lowest BCUT2D eigenvalue weighted by molar-refractivity contribution is 0.415. The number of nitrogen functional groups attached to an aromatic ring is 1. The Labute approximate surface area is 121 Å². The van der Waals surface area contributed by atoms with Gasteiger partial charge in [-0.2, -0.15) is 0 Å². The molecule has 2 N–H and O–H groups in total. The van der Waals surface area contributed by atoms with Crippen molar-refractivity contribution in [2.75, 3.05) is 12.8 Å². The molecule has 0 saturated heterocycles. The first-order valence-corrected chi connectivity index (χ1v) is 6.56. The average molecular weight is 288 g/mol. The number of imidazole rings is 1. The van der Waals surface area contributed by atoms with E-state index in [4.69, 9.17) is 22.1 Å². The fraction of sp³-hybridized carbons (Fsp3) is 0.133. The Morgan fingerprint density at radius 2 is 1.95 bits per heavy atom. The summed E-state index contributed by atoms with van der Waals surface area (Å²) in [7, 11) is 1.65. The van der Waals surface area contributed by atoms with Crippen molar-refractivity contribution in [2.24, 2.45) is 0 Å². The van der Waals surface area contributed by atoms with Gasteiger partial charge in [0.15, 0.2) is 5.65 Å². The Morgan fingerprint density at radius 3 is 2.60 bits per heavy atom. The van der Waals surface area contributed by atoms with Gasteiger partial charge >= 0.3 is 0 Å². The van der Waals surface area contributed by atoms with Crippen LogP contribution in [0.2, 0.25) is 5.02 Å². The largest absolute Gasteiger partial charge is 0.497 e. The summed E-state index contributed by atoms with van der Waals surface area (Å²) in [5.41, 5.74) is 10.2. The van der Waals surface area contributed by atoms with E-state index in [0.29, 0.717) is 10.7 Å². The van der Waals surface area contributed by atoms with Gasteiger partial charge < -0.3 is 14.9 Å². The van der Waals surface area contributed by atoms with Crippen LogP contribution in [0, 0.1) is 6.92 Å². The highest BCUT2D eigenvalue weighted by Gasteiger charge is 2.13. The standard InChI is InChI=1S/C15H14ClN3O/c1-9-14(10-3-5-12(20-2)6-4-10)18-15-13(17)7-11(16)8-19(9)15/h3-8H,17H2,1-2H3. The third-order valence-electron chi connectivity index (χ3n) is 3.32. The molecule has 0 saturated carbocycles. The molecule has 4 nitrogen and oxygen atoms in total. The molecule has 5 heteroatoms. The number of hydrogen-bond donors (Lipinski definition) is 1. The van der Waals surface area contributed by atoms with Crippen molar-refractivity contribution in [3.8, 4) is 17.0 Å². The molecule has 0 fully saturated rings. The Kier molecular flexibility index (Phi) is 3.03. The van der Waals surface area contributed by atoms with E-state index >= 15 is 0 Å². The minimum absolute atomic E-state index is 0.570. The summed E-state index contributed by atoms with van der Waals surface area (Å²) in [5, 5.41) is 0.594. The Hall–Kier alpha value is -2.20. The molecule has 0 unspecified atom stereocenters. The molecule has 2 heterocycles. The number of aromatic nitrogens is 2. The molecule has 1 aromatic carbocycles. The van der Waals surface area contributed by atoms with Crippen molar-refractivity contribution >= 4 is 22.9 Å². The molecule has 2 aromatic heterocycles. The Balaban J connectivity index is 2.20. The summed E-state index contributed by atoms with van der Waals surface area (Å²) in [6.07, 6.45) is 1.82. The molecule has 0 spiro atoms. The van der Waals surface area contributed by atoms with Crippen molar-refractivity contribution < 1.29 is 4.74 Å². The van der Waals surface area contributed by atoms with Crippen LogP contribution in [-0.4, -0.2) is 16.5 Å². The van der Waals surface area contributed by atoms with E-state index in [2.05, 4.69) is 4.98 Å². The highest BCUT2D eigenvalue weighted by Crippen LogP contribution is 2.29. The molecule has 0 aliphatic heterocycles. The first-order valence-electron chi connectivity index (χ1n) is 6.18. The molecular weight excluding hydrogens is 274 g/mol. The maximum atomic E-state index is 6.05. The number of halogens is 1. The summed E-state index contributed by atoms with van der Waals surface area (Å²) in [6.45, 7) is 2.00. The number of fused-ring (bicyclic) bond motifs is 1. The second-order valence-electron chi connectivity index (χ2n) is 4.58. The van der Waals surface area contributed by atoms with E-state index in [1.165, 1.54) is 0 Å². The van der Waals surface area contributed by atoms with Gasteiger partial charge in [0.25, 0.3) is 0 Å². The second kappa shape index (κ2) is 4.72. The van der Waals surface area contributed by atoms with Crippen LogP contribution in [0.4, 0.5) is 5.69 Å². The highest BCUT2D eigenvalue weighted by atomic mass is 35.5. The lowest BCUT2D eigenvalue weighted by Crippen LogP contribution is -1.93. The first-order chi connectivity index (χ1) is 9.60. The molecule has 20 heavy (non-hydrogen) atoms. The van der Waals surface area contributed by atoms with Gasteiger partial charge in [-0.15, -0.1) is 0 Å². The smallest absolute Gasteiger partial charge is 0.161 e. The fourth-order valence-corrected chi connectivity index (χ4v) is 2.49. The number of pyridine rings is 1. The van der Waals surface area contributed by atoms with Gasteiger partial charge in [0, 0.05) is 17.5 Å². The van der Waals surface area contributed by atoms with Crippen LogP contribution in [0.3, 0.4) is 0 Å². The third kappa shape index (κ3) is 1.98. The zero-order valence-corrected chi connectivity index (χ0v) is 12.0. The molecule has 0 atom stereocenters. The van der Waals surface area contributed by atoms with Crippen molar-refractivity contribution in [2.45, 2.75) is 6.92 Å². The summed E-state index contributed by atoms with van der Waals surface area (Å²) in [4.78, 5) is 4.62. The van der Waals surface area contributed by atoms with Gasteiger partial charge in [0.05, 0.1) is 23.5 Å². The van der Waals surface area contributed by atoms with Crippen molar-refractivity contribution in [3.05, 3.63) is 47.2 Å². The predicted molar refractivity (Wildman–Crippen MR) is 81.3 cm³/mol. The van der Waals surface area contributed by atoms with Crippen LogP contribution in [0.5, 0.6) is 5.75 Å². The lowest BCUT2D eigenvalue weighted by Gasteiger charge is -2.02. The molecule has 0 bridgehead atoms. The number of benzene rings is 1. The number of rotatable bonds is 2. The molecule has 0 radical (unpaired) electrons. The van der Waals surface area contributed by atoms with Gasteiger partial charge in [-0.25, -0.2) is 4.98 Å². The topological polar surface area (TPSA) is 52.5 Å². The first kappa shape index (κ1) is 12.8. The number of methoxy groups -OCH3 is 1. The second-order valence-corrected chi connectivity index (χ2v) is 5.02. The van der Waals surface area contributed by atoms with Gasteiger partial charge in [-0.1, -0.05) is 11.6 Å². The van der Waals surface area contributed by atoms with E-state index < -0.39 is 0 Å². The van der Waals surface area contributed by atoms with E-state index in [0.717, 1.165) is 28.3 Å². The average Bonchev–Trinajstić information content (AvgIpc) is 2.77. The fourth-order valence-electron chi connectivity index (χ4n) is 2.27. The minimum Gasteiger partial charge on any atom is -0.497 e. The summed E-state index contributed by atoms with van der Waals surface area (Å²) in [5.74, 6) is 0.817. The number of nitrogens with zero attached hydrogens (tertiary/aromatic N) is 2. The zero-order chi connectivity index (χ0) is 14.3. The molecule has 3 rings (SSSR count). The van der Waals surface area contributed by atoms with E-state index in [9.17, 15) is 0 Å². The van der Waals surface area contributed by atoms with Gasteiger partial charge in [0.1, 0.15) is 5.75 Å². The van der Waals surface area contributed by atoms with Crippen LogP contribution >= 0.6 is 11.6 Å². The van der Waals surface area contributed by atoms with Crippen LogP contribution in [0.1, 0.15) is 5.69 Å². The van der Waals surface area contributed by atoms with E-state index in [1.807, 2.05) is 41.8 Å². The van der Waals surface area contributed by atoms with Crippen LogP contribution in [-0.2, 0) is 0 Å². The predicted octanol–water partition coefficient (Wildman–Crippen LogP) is 3.55. The molecule has 0 aliphatic rings. The number of hydrogen-bond acceptors (Lipinski definition) is 3. The Bertz CT molecular complexity index is 778. The number of ether oxygens (including phenoxy) is 1. The number of aryl methyl sites for hydroxylation is 1. The van der Waals surface area contributed by atoms with Gasteiger partial charge in [-0.3, -0.25) is 0 Å². The molecule has 0 amide bonds. The lowest BCUT2D eigenvalue weighted by atomic mass is 10.1. The monoisotopic (exact) mass is 287 g/mol. The number of anilines is 1. The van der Waals surface area contributed by atoms with Crippen LogP contribution < -0.4 is 10.5 Å². The van der Waals surface area contributed by atoms with Gasteiger partial charge in [0.2, 0.25) is 0 Å². The van der Waals surface area contributed by atoms with Crippen LogP contribution in [0.25, 0.3) is 16.9 Å². The SMILES string of the molecule is COc1ccc(-c2nc3c(N)cc(Cl)cn3c2C)cc1. The zero-order valence-electron chi connectivity index (χ0n) is 11.2. The summed E-state index contributed by atoms with van der Waals surface area (Å²) in [6, 6.07) is 9.49. The number of nitrogens with two attached hydrogens (primary N) is 1. The Morgan fingerprint density at radius 1 is 1.25 bits per heavy atom. The molecular formula is C15H14ClN3O. The maximum Gasteiger partial charge on any atom is 0.161 e. The minimum atomic E-state index is 0.570. The quantitative estimate of drug-likeness (QED) is 0.784.